The van der Waals surface area contributed by atoms with Gasteiger partial charge in [-0.2, -0.15) is 0 Å². The predicted molar refractivity (Wildman–Crippen MR) is 70.6 cm³/mol. The molecule has 1 heterocycles. The lowest BCUT2D eigenvalue weighted by Crippen LogP contribution is -2.35. The van der Waals surface area contributed by atoms with E-state index >= 15 is 0 Å². The van der Waals surface area contributed by atoms with Gasteiger partial charge in [-0.05, 0) is 12.1 Å². The maximum atomic E-state index is 12.4. The molecule has 1 amide bonds. The van der Waals surface area contributed by atoms with Crippen molar-refractivity contribution in [2.75, 3.05) is 19.5 Å². The van der Waals surface area contributed by atoms with Gasteiger partial charge in [0.15, 0.2) is 0 Å². The number of rotatable bonds is 3. The summed E-state index contributed by atoms with van der Waals surface area (Å²) in [5.74, 6) is -0.946. The SMILES string of the molecule is COP(=O)(OC)C1(O)C(=O)Nc2c(Cl)cc(Cl)cc21. The molecule has 104 valence electrons. The molecule has 9 heteroatoms. The fraction of sp³-hybridized carbons (Fsp3) is 0.300. The maximum absolute atomic E-state index is 12.4. The Morgan fingerprint density at radius 1 is 1.32 bits per heavy atom. The van der Waals surface area contributed by atoms with E-state index in [1.807, 2.05) is 0 Å². The molecule has 1 aliphatic heterocycles. The number of carbonyl (C=O) groups is 1. The summed E-state index contributed by atoms with van der Waals surface area (Å²) < 4.78 is 21.9. The summed E-state index contributed by atoms with van der Waals surface area (Å²) in [5.41, 5.74) is 0.0925. The number of anilines is 1. The average molecular weight is 326 g/mol. The van der Waals surface area contributed by atoms with Crippen molar-refractivity contribution in [3.63, 3.8) is 0 Å². The van der Waals surface area contributed by atoms with Gasteiger partial charge < -0.3 is 19.5 Å². The number of hydrogen-bond donors (Lipinski definition) is 2. The van der Waals surface area contributed by atoms with Crippen LogP contribution in [0.4, 0.5) is 5.69 Å². The molecule has 6 nitrogen and oxygen atoms in total. The molecule has 1 aliphatic rings. The Labute approximate surface area is 119 Å². The highest BCUT2D eigenvalue weighted by Crippen LogP contribution is 2.66. The van der Waals surface area contributed by atoms with Crippen LogP contribution in [-0.2, 0) is 23.7 Å². The van der Waals surface area contributed by atoms with Crippen LogP contribution in [-0.4, -0.2) is 25.2 Å². The van der Waals surface area contributed by atoms with E-state index in [1.165, 1.54) is 12.1 Å². The van der Waals surface area contributed by atoms with Crippen molar-refractivity contribution in [1.82, 2.24) is 0 Å². The van der Waals surface area contributed by atoms with Gasteiger partial charge in [-0.15, -0.1) is 0 Å². The fourth-order valence-corrected chi connectivity index (χ4v) is 3.90. The third-order valence-electron chi connectivity index (χ3n) is 2.86. The fourth-order valence-electron chi connectivity index (χ4n) is 1.91. The molecule has 1 atom stereocenters. The maximum Gasteiger partial charge on any atom is 0.376 e. The van der Waals surface area contributed by atoms with E-state index in [-0.39, 0.29) is 21.3 Å². The number of benzene rings is 1. The molecule has 0 bridgehead atoms. The van der Waals surface area contributed by atoms with E-state index in [1.54, 1.807) is 0 Å². The van der Waals surface area contributed by atoms with Gasteiger partial charge in [0.1, 0.15) is 0 Å². The van der Waals surface area contributed by atoms with Crippen LogP contribution in [0.1, 0.15) is 5.56 Å². The van der Waals surface area contributed by atoms with Crippen molar-refractivity contribution in [3.05, 3.63) is 27.7 Å². The smallest absolute Gasteiger partial charge is 0.366 e. The largest absolute Gasteiger partial charge is 0.376 e. The average Bonchev–Trinajstić information content (AvgIpc) is 2.64. The summed E-state index contributed by atoms with van der Waals surface area (Å²) >= 11 is 11.8. The Kier molecular flexibility index (Phi) is 3.68. The molecule has 1 unspecified atom stereocenters. The van der Waals surface area contributed by atoms with Gasteiger partial charge in [-0.1, -0.05) is 23.2 Å². The minimum Gasteiger partial charge on any atom is -0.366 e. The van der Waals surface area contributed by atoms with E-state index in [0.717, 1.165) is 14.2 Å². The first-order valence-corrected chi connectivity index (χ1v) is 7.35. The van der Waals surface area contributed by atoms with Gasteiger partial charge >= 0.3 is 7.60 Å². The minimum atomic E-state index is -4.14. The van der Waals surface area contributed by atoms with Crippen LogP contribution in [0.15, 0.2) is 12.1 Å². The first-order valence-electron chi connectivity index (χ1n) is 5.05. The molecule has 1 aromatic rings. The summed E-state index contributed by atoms with van der Waals surface area (Å²) in [7, 11) is -2.00. The van der Waals surface area contributed by atoms with Gasteiger partial charge in [-0.25, -0.2) is 0 Å². The molecular weight excluding hydrogens is 316 g/mol. The molecule has 0 saturated carbocycles. The van der Waals surface area contributed by atoms with Crippen molar-refractivity contribution in [1.29, 1.82) is 0 Å². The molecule has 0 aromatic heterocycles. The highest BCUT2D eigenvalue weighted by atomic mass is 35.5. The number of carbonyl (C=O) groups excluding carboxylic acids is 1. The lowest BCUT2D eigenvalue weighted by Gasteiger charge is -2.27. The van der Waals surface area contributed by atoms with Crippen LogP contribution in [0.3, 0.4) is 0 Å². The van der Waals surface area contributed by atoms with Gasteiger partial charge in [0, 0.05) is 24.8 Å². The third kappa shape index (κ3) is 1.91. The zero-order valence-electron chi connectivity index (χ0n) is 9.94. The second-order valence-electron chi connectivity index (χ2n) is 3.80. The number of hydrogen-bond acceptors (Lipinski definition) is 5. The topological polar surface area (TPSA) is 84.9 Å². The van der Waals surface area contributed by atoms with Gasteiger partial charge in [0.05, 0.1) is 10.7 Å². The number of aliphatic hydroxyl groups is 1. The first-order chi connectivity index (χ1) is 8.80. The molecular formula is C10H10Cl2NO5P. The van der Waals surface area contributed by atoms with Crippen molar-refractivity contribution in [2.45, 2.75) is 5.34 Å². The van der Waals surface area contributed by atoms with Crippen molar-refractivity contribution >= 4 is 42.4 Å². The van der Waals surface area contributed by atoms with E-state index in [4.69, 9.17) is 32.2 Å². The Balaban J connectivity index is 2.75. The van der Waals surface area contributed by atoms with Gasteiger partial charge in [0.25, 0.3) is 11.2 Å². The third-order valence-corrected chi connectivity index (χ3v) is 5.58. The Bertz CT molecular complexity index is 600. The standard InChI is InChI=1S/C10H10Cl2NO5P/c1-17-19(16,18-2)10(15)6-3-5(11)4-7(12)8(6)13-9(10)14/h3-4,15H,1-2H3,(H,13,14). The molecule has 0 aliphatic carbocycles. The number of fused-ring (bicyclic) bond motifs is 1. The Morgan fingerprint density at radius 3 is 2.42 bits per heavy atom. The van der Waals surface area contributed by atoms with Crippen LogP contribution >= 0.6 is 30.8 Å². The normalized spacial score (nSPS) is 22.3. The highest BCUT2D eigenvalue weighted by Gasteiger charge is 2.61. The summed E-state index contributed by atoms with van der Waals surface area (Å²) in [6, 6.07) is 2.67. The van der Waals surface area contributed by atoms with Crippen LogP contribution in [0, 0.1) is 0 Å². The van der Waals surface area contributed by atoms with Gasteiger partial charge in [-0.3, -0.25) is 9.36 Å². The Morgan fingerprint density at radius 2 is 1.89 bits per heavy atom. The van der Waals surface area contributed by atoms with Crippen LogP contribution < -0.4 is 5.32 Å². The van der Waals surface area contributed by atoms with Crippen molar-refractivity contribution in [3.8, 4) is 0 Å². The quantitative estimate of drug-likeness (QED) is 0.834. The minimum absolute atomic E-state index is 0.0398. The van der Waals surface area contributed by atoms with Gasteiger partial charge in [0.2, 0.25) is 0 Å². The summed E-state index contributed by atoms with van der Waals surface area (Å²) in [5, 5.41) is 10.7. The Hall–Kier alpha value is -0.620. The predicted octanol–water partition coefficient (Wildman–Crippen LogP) is 2.58. The summed E-state index contributed by atoms with van der Waals surface area (Å²) in [6.45, 7) is 0. The van der Waals surface area contributed by atoms with E-state index in [0.29, 0.717) is 0 Å². The number of amides is 1. The molecule has 19 heavy (non-hydrogen) atoms. The summed E-state index contributed by atoms with van der Waals surface area (Å²) in [4.78, 5) is 12.0. The molecule has 2 N–H and O–H groups in total. The second kappa shape index (κ2) is 4.74. The summed E-state index contributed by atoms with van der Waals surface area (Å²) in [6.07, 6.45) is 0. The van der Waals surface area contributed by atoms with E-state index < -0.39 is 18.8 Å². The van der Waals surface area contributed by atoms with Crippen molar-refractivity contribution < 1.29 is 23.5 Å². The van der Waals surface area contributed by atoms with E-state index in [9.17, 15) is 14.5 Å². The zero-order valence-corrected chi connectivity index (χ0v) is 12.3. The molecule has 1 aromatic carbocycles. The van der Waals surface area contributed by atoms with Crippen LogP contribution in [0.5, 0.6) is 0 Å². The lowest BCUT2D eigenvalue weighted by atomic mass is 10.1. The lowest BCUT2D eigenvalue weighted by molar-refractivity contribution is -0.127. The highest BCUT2D eigenvalue weighted by molar-refractivity contribution is 7.56. The molecule has 0 radical (unpaired) electrons. The first kappa shape index (κ1) is 14.8. The van der Waals surface area contributed by atoms with E-state index in [2.05, 4.69) is 5.32 Å². The number of halogens is 2. The molecule has 0 fully saturated rings. The molecule has 2 rings (SSSR count). The molecule has 0 saturated heterocycles. The second-order valence-corrected chi connectivity index (χ2v) is 7.02. The van der Waals surface area contributed by atoms with Crippen LogP contribution in [0.25, 0.3) is 0 Å². The zero-order chi connectivity index (χ0) is 14.4. The monoisotopic (exact) mass is 325 g/mol. The van der Waals surface area contributed by atoms with Crippen LogP contribution in [0.2, 0.25) is 10.0 Å². The molecule has 0 spiro atoms. The number of nitrogens with one attached hydrogen (secondary N) is 1. The van der Waals surface area contributed by atoms with Crippen molar-refractivity contribution in [2.24, 2.45) is 0 Å².